The maximum atomic E-state index is 12.1. The second kappa shape index (κ2) is 9.89. The summed E-state index contributed by atoms with van der Waals surface area (Å²) in [5.41, 5.74) is 3.06. The molecule has 29 heavy (non-hydrogen) atoms. The van der Waals surface area contributed by atoms with Crippen molar-refractivity contribution in [2.24, 2.45) is 0 Å². The van der Waals surface area contributed by atoms with Gasteiger partial charge in [0.1, 0.15) is 12.4 Å². The van der Waals surface area contributed by atoms with Gasteiger partial charge in [-0.2, -0.15) is 0 Å². The average molecular weight is 390 g/mol. The smallest absolute Gasteiger partial charge is 0.319 e. The van der Waals surface area contributed by atoms with Crippen molar-refractivity contribution in [2.75, 3.05) is 10.6 Å². The second-order valence-corrected chi connectivity index (χ2v) is 6.32. The van der Waals surface area contributed by atoms with Crippen molar-refractivity contribution in [2.45, 2.75) is 20.1 Å². The van der Waals surface area contributed by atoms with Gasteiger partial charge in [0.2, 0.25) is 5.91 Å². The van der Waals surface area contributed by atoms with Crippen LogP contribution in [0.2, 0.25) is 0 Å². The zero-order valence-corrected chi connectivity index (χ0v) is 16.0. The largest absolute Gasteiger partial charge is 0.487 e. The summed E-state index contributed by atoms with van der Waals surface area (Å²) in [4.78, 5) is 27.4. The van der Waals surface area contributed by atoms with E-state index in [1.807, 2.05) is 42.5 Å². The minimum atomic E-state index is -0.322. The molecule has 0 fully saturated rings. The third kappa shape index (κ3) is 6.66. The summed E-state index contributed by atoms with van der Waals surface area (Å²) >= 11 is 0. The molecular weight excluding hydrogens is 368 g/mol. The van der Waals surface area contributed by atoms with Crippen molar-refractivity contribution in [3.63, 3.8) is 0 Å². The van der Waals surface area contributed by atoms with Crippen LogP contribution >= 0.6 is 0 Å². The van der Waals surface area contributed by atoms with Crippen molar-refractivity contribution >= 4 is 23.3 Å². The third-order valence-corrected chi connectivity index (χ3v) is 3.93. The Morgan fingerprint density at radius 3 is 2.38 bits per heavy atom. The number of ether oxygens (including phenoxy) is 1. The molecule has 7 nitrogen and oxygen atoms in total. The Balaban J connectivity index is 1.48. The number of carbonyl (C=O) groups excluding carboxylic acids is 2. The number of hydrogen-bond acceptors (Lipinski definition) is 4. The molecule has 0 aliphatic heterocycles. The van der Waals surface area contributed by atoms with E-state index in [9.17, 15) is 9.59 Å². The lowest BCUT2D eigenvalue weighted by Gasteiger charge is -2.10. The van der Waals surface area contributed by atoms with Gasteiger partial charge in [-0.25, -0.2) is 4.79 Å². The van der Waals surface area contributed by atoms with Crippen molar-refractivity contribution < 1.29 is 14.3 Å². The zero-order chi connectivity index (χ0) is 20.5. The summed E-state index contributed by atoms with van der Waals surface area (Å²) < 4.78 is 5.75. The molecule has 0 atom stereocenters. The van der Waals surface area contributed by atoms with Crippen LogP contribution in [0.5, 0.6) is 5.75 Å². The highest BCUT2D eigenvalue weighted by Crippen LogP contribution is 2.15. The van der Waals surface area contributed by atoms with Crippen LogP contribution in [0.3, 0.4) is 0 Å². The summed E-state index contributed by atoms with van der Waals surface area (Å²) in [5.74, 6) is 0.568. The van der Waals surface area contributed by atoms with Crippen molar-refractivity contribution in [1.82, 2.24) is 10.3 Å². The predicted octanol–water partition coefficient (Wildman–Crippen LogP) is 3.94. The summed E-state index contributed by atoms with van der Waals surface area (Å²) in [6.45, 7) is 2.18. The molecule has 0 bridgehead atoms. The number of benzene rings is 2. The lowest BCUT2D eigenvalue weighted by molar-refractivity contribution is -0.114. The standard InChI is InChI=1S/C22H22N4O3/c1-16(27)25-18-8-10-19(11-9-18)26-22(28)24-14-17-5-4-7-21(13-17)29-15-20-6-2-3-12-23-20/h2-13H,14-15H2,1H3,(H,25,27)(H2,24,26,28). The number of aromatic nitrogens is 1. The van der Waals surface area contributed by atoms with E-state index in [0.29, 0.717) is 30.3 Å². The number of nitrogens with zero attached hydrogens (tertiary/aromatic N) is 1. The SMILES string of the molecule is CC(=O)Nc1ccc(NC(=O)NCc2cccc(OCc3ccccn3)c2)cc1. The van der Waals surface area contributed by atoms with E-state index >= 15 is 0 Å². The Hall–Kier alpha value is -3.87. The fourth-order valence-electron chi connectivity index (χ4n) is 2.58. The number of rotatable bonds is 7. The fraction of sp³-hybridized carbons (Fsp3) is 0.136. The van der Waals surface area contributed by atoms with E-state index < -0.39 is 0 Å². The highest BCUT2D eigenvalue weighted by molar-refractivity contribution is 5.91. The quantitative estimate of drug-likeness (QED) is 0.570. The van der Waals surface area contributed by atoms with E-state index in [2.05, 4.69) is 20.9 Å². The molecule has 1 aromatic heterocycles. The van der Waals surface area contributed by atoms with Crippen LogP contribution in [-0.4, -0.2) is 16.9 Å². The van der Waals surface area contributed by atoms with E-state index in [1.165, 1.54) is 6.92 Å². The lowest BCUT2D eigenvalue weighted by atomic mass is 10.2. The maximum absolute atomic E-state index is 12.1. The van der Waals surface area contributed by atoms with Gasteiger partial charge in [0.25, 0.3) is 0 Å². The van der Waals surface area contributed by atoms with Crippen LogP contribution in [0.15, 0.2) is 72.9 Å². The summed E-state index contributed by atoms with van der Waals surface area (Å²) in [7, 11) is 0. The summed E-state index contributed by atoms with van der Waals surface area (Å²) in [6, 6.07) is 19.8. The topological polar surface area (TPSA) is 92.4 Å². The van der Waals surface area contributed by atoms with Crippen LogP contribution in [0.4, 0.5) is 16.2 Å². The number of carbonyl (C=O) groups is 2. The number of nitrogens with one attached hydrogen (secondary N) is 3. The first-order chi connectivity index (χ1) is 14.1. The molecule has 0 unspecified atom stereocenters. The highest BCUT2D eigenvalue weighted by Gasteiger charge is 2.04. The maximum Gasteiger partial charge on any atom is 0.319 e. The first-order valence-electron chi connectivity index (χ1n) is 9.12. The van der Waals surface area contributed by atoms with Gasteiger partial charge in [-0.1, -0.05) is 18.2 Å². The van der Waals surface area contributed by atoms with Crippen LogP contribution in [0.25, 0.3) is 0 Å². The molecule has 0 spiro atoms. The predicted molar refractivity (Wildman–Crippen MR) is 112 cm³/mol. The molecule has 3 N–H and O–H groups in total. The van der Waals surface area contributed by atoms with Crippen LogP contribution in [0.1, 0.15) is 18.2 Å². The van der Waals surface area contributed by atoms with Crippen molar-refractivity contribution in [3.8, 4) is 5.75 Å². The van der Waals surface area contributed by atoms with Crippen molar-refractivity contribution in [3.05, 3.63) is 84.2 Å². The molecular formula is C22H22N4O3. The third-order valence-electron chi connectivity index (χ3n) is 3.93. The molecule has 148 valence electrons. The first-order valence-corrected chi connectivity index (χ1v) is 9.12. The molecule has 0 radical (unpaired) electrons. The number of anilines is 2. The number of pyridine rings is 1. The number of hydrogen-bond donors (Lipinski definition) is 3. The average Bonchev–Trinajstić information content (AvgIpc) is 2.73. The molecule has 7 heteroatoms. The minimum absolute atomic E-state index is 0.144. The molecule has 0 saturated heterocycles. The van der Waals surface area contributed by atoms with E-state index in [4.69, 9.17) is 4.74 Å². The zero-order valence-electron chi connectivity index (χ0n) is 16.0. The number of urea groups is 1. The lowest BCUT2D eigenvalue weighted by Crippen LogP contribution is -2.28. The molecule has 3 amide bonds. The van der Waals surface area contributed by atoms with Gasteiger partial charge >= 0.3 is 6.03 Å². The van der Waals surface area contributed by atoms with Crippen LogP contribution < -0.4 is 20.7 Å². The fourth-order valence-corrected chi connectivity index (χ4v) is 2.58. The Morgan fingerprint density at radius 2 is 1.69 bits per heavy atom. The molecule has 2 aromatic carbocycles. The highest BCUT2D eigenvalue weighted by atomic mass is 16.5. The summed E-state index contributed by atoms with van der Waals surface area (Å²) in [6.07, 6.45) is 1.73. The van der Waals surface area contributed by atoms with E-state index in [-0.39, 0.29) is 11.9 Å². The van der Waals surface area contributed by atoms with Gasteiger partial charge in [-0.15, -0.1) is 0 Å². The van der Waals surface area contributed by atoms with Gasteiger partial charge in [-0.05, 0) is 54.1 Å². The first kappa shape index (κ1) is 19.9. The van der Waals surface area contributed by atoms with E-state index in [0.717, 1.165) is 11.3 Å². The molecule has 1 heterocycles. The van der Waals surface area contributed by atoms with Gasteiger partial charge < -0.3 is 20.7 Å². The monoisotopic (exact) mass is 390 g/mol. The van der Waals surface area contributed by atoms with Gasteiger partial charge in [0.05, 0.1) is 5.69 Å². The van der Waals surface area contributed by atoms with Gasteiger partial charge in [-0.3, -0.25) is 9.78 Å². The van der Waals surface area contributed by atoms with Gasteiger partial charge in [0, 0.05) is 31.0 Å². The Morgan fingerprint density at radius 1 is 0.931 bits per heavy atom. The van der Waals surface area contributed by atoms with Crippen molar-refractivity contribution in [1.29, 1.82) is 0 Å². The minimum Gasteiger partial charge on any atom is -0.487 e. The molecule has 3 aromatic rings. The Labute approximate surface area is 169 Å². The normalized spacial score (nSPS) is 10.1. The number of amides is 3. The Kier molecular flexibility index (Phi) is 6.78. The Bertz CT molecular complexity index is 959. The molecule has 0 aliphatic carbocycles. The van der Waals surface area contributed by atoms with E-state index in [1.54, 1.807) is 30.5 Å². The van der Waals surface area contributed by atoms with Crippen LogP contribution in [-0.2, 0) is 17.9 Å². The molecule has 0 saturated carbocycles. The molecule has 0 aliphatic rings. The van der Waals surface area contributed by atoms with Gasteiger partial charge in [0.15, 0.2) is 0 Å². The summed E-state index contributed by atoms with van der Waals surface area (Å²) in [5, 5.41) is 8.23. The van der Waals surface area contributed by atoms with Crippen LogP contribution in [0, 0.1) is 0 Å². The second-order valence-electron chi connectivity index (χ2n) is 6.32. The molecule has 3 rings (SSSR count).